The highest BCUT2D eigenvalue weighted by Gasteiger charge is 2.13. The van der Waals surface area contributed by atoms with Gasteiger partial charge in [-0.2, -0.15) is 5.26 Å². The summed E-state index contributed by atoms with van der Waals surface area (Å²) in [4.78, 5) is 3.95. The molecule has 1 heterocycles. The van der Waals surface area contributed by atoms with Crippen LogP contribution in [0.2, 0.25) is 0 Å². The first-order valence-electron chi connectivity index (χ1n) is 6.50. The second-order valence-corrected chi connectivity index (χ2v) is 5.42. The van der Waals surface area contributed by atoms with Gasteiger partial charge in [0.2, 0.25) is 0 Å². The molecule has 104 valence electrons. The van der Waals surface area contributed by atoms with Crippen LogP contribution in [0.3, 0.4) is 0 Å². The predicted octanol–water partition coefficient (Wildman–Crippen LogP) is 2.96. The molecule has 0 aliphatic carbocycles. The highest BCUT2D eigenvalue weighted by Crippen LogP contribution is 2.25. The van der Waals surface area contributed by atoms with E-state index in [0.717, 1.165) is 28.7 Å². The number of rotatable bonds is 5. The molecular formula is C14H16BrN5. The van der Waals surface area contributed by atoms with Gasteiger partial charge in [0.25, 0.3) is 5.82 Å². The first-order chi connectivity index (χ1) is 9.65. The summed E-state index contributed by atoms with van der Waals surface area (Å²) >= 11 is 3.50. The Morgan fingerprint density at radius 1 is 1.50 bits per heavy atom. The normalized spacial score (nSPS) is 12.1. The number of hydrogen-bond donors (Lipinski definition) is 1. The topological polar surface area (TPSA) is 66.5 Å². The molecule has 0 saturated heterocycles. The average Bonchev–Trinajstić information content (AvgIpc) is 2.93. The van der Waals surface area contributed by atoms with Gasteiger partial charge in [-0.1, -0.05) is 22.9 Å². The van der Waals surface area contributed by atoms with Crippen molar-refractivity contribution in [2.24, 2.45) is 0 Å². The number of nitriles is 1. The molecule has 5 nitrogen and oxygen atoms in total. The van der Waals surface area contributed by atoms with Crippen molar-refractivity contribution in [3.8, 4) is 11.8 Å². The molecule has 1 unspecified atom stereocenters. The molecule has 0 fully saturated rings. The van der Waals surface area contributed by atoms with Crippen LogP contribution >= 0.6 is 15.9 Å². The van der Waals surface area contributed by atoms with Crippen molar-refractivity contribution in [1.29, 1.82) is 5.26 Å². The highest BCUT2D eigenvalue weighted by atomic mass is 79.9. The zero-order valence-electron chi connectivity index (χ0n) is 11.5. The zero-order valence-corrected chi connectivity index (χ0v) is 13.1. The van der Waals surface area contributed by atoms with Crippen LogP contribution < -0.4 is 5.32 Å². The summed E-state index contributed by atoms with van der Waals surface area (Å²) in [7, 11) is 0. The van der Waals surface area contributed by atoms with Crippen molar-refractivity contribution in [2.75, 3.05) is 6.54 Å². The van der Waals surface area contributed by atoms with E-state index < -0.39 is 0 Å². The number of nitrogens with one attached hydrogen (secondary N) is 1. The Hall–Kier alpha value is -1.71. The molecule has 1 N–H and O–H groups in total. The summed E-state index contributed by atoms with van der Waals surface area (Å²) in [5, 5.41) is 16.4. The van der Waals surface area contributed by atoms with Crippen molar-refractivity contribution < 1.29 is 0 Å². The van der Waals surface area contributed by atoms with Gasteiger partial charge < -0.3 is 5.32 Å². The fraction of sp³-hybridized carbons (Fsp3) is 0.357. The van der Waals surface area contributed by atoms with Gasteiger partial charge in [-0.25, -0.2) is 9.67 Å². The third kappa shape index (κ3) is 3.24. The van der Waals surface area contributed by atoms with Crippen molar-refractivity contribution in [1.82, 2.24) is 20.1 Å². The van der Waals surface area contributed by atoms with Gasteiger partial charge >= 0.3 is 0 Å². The fourth-order valence-electron chi connectivity index (χ4n) is 1.98. The fourth-order valence-corrected chi connectivity index (χ4v) is 2.36. The molecule has 0 amide bonds. The van der Waals surface area contributed by atoms with Gasteiger partial charge in [-0.15, -0.1) is 5.10 Å². The van der Waals surface area contributed by atoms with Gasteiger partial charge in [0.05, 0.1) is 5.69 Å². The quantitative estimate of drug-likeness (QED) is 0.913. The maximum Gasteiger partial charge on any atom is 0.252 e. The number of halogens is 1. The minimum absolute atomic E-state index is 0.174. The monoisotopic (exact) mass is 333 g/mol. The molecule has 1 aromatic heterocycles. The Balaban J connectivity index is 2.39. The van der Waals surface area contributed by atoms with Gasteiger partial charge in [0.1, 0.15) is 12.4 Å². The lowest BCUT2D eigenvalue weighted by Crippen LogP contribution is -2.21. The Labute approximate surface area is 126 Å². The summed E-state index contributed by atoms with van der Waals surface area (Å²) in [6, 6.07) is 8.13. The molecule has 6 heteroatoms. The Morgan fingerprint density at radius 2 is 2.30 bits per heavy atom. The number of benzene rings is 1. The van der Waals surface area contributed by atoms with Crippen LogP contribution in [-0.2, 0) is 0 Å². The summed E-state index contributed by atoms with van der Waals surface area (Å²) in [6.07, 6.45) is 2.65. The van der Waals surface area contributed by atoms with Gasteiger partial charge in [0, 0.05) is 10.5 Å². The largest absolute Gasteiger partial charge is 0.310 e. The molecule has 1 atom stereocenters. The average molecular weight is 334 g/mol. The molecule has 0 spiro atoms. The van der Waals surface area contributed by atoms with Crippen LogP contribution in [0.25, 0.3) is 5.69 Å². The minimum atomic E-state index is 0.174. The van der Waals surface area contributed by atoms with Crippen LogP contribution in [0.4, 0.5) is 0 Å². The van der Waals surface area contributed by atoms with Crippen molar-refractivity contribution in [3.05, 3.63) is 40.4 Å². The smallest absolute Gasteiger partial charge is 0.252 e. The van der Waals surface area contributed by atoms with Crippen molar-refractivity contribution in [2.45, 2.75) is 26.3 Å². The SMILES string of the molecule is CCCNC(C)c1cc(Br)ccc1-n1cnc(C#N)n1. The minimum Gasteiger partial charge on any atom is -0.310 e. The first-order valence-corrected chi connectivity index (χ1v) is 7.30. The summed E-state index contributed by atoms with van der Waals surface area (Å²) in [6.45, 7) is 5.20. The van der Waals surface area contributed by atoms with Crippen molar-refractivity contribution in [3.63, 3.8) is 0 Å². The predicted molar refractivity (Wildman–Crippen MR) is 80.5 cm³/mol. The molecule has 0 aliphatic rings. The van der Waals surface area contributed by atoms with E-state index in [2.05, 4.69) is 51.2 Å². The van der Waals surface area contributed by atoms with Crippen LogP contribution in [0.15, 0.2) is 29.0 Å². The maximum atomic E-state index is 8.83. The van der Waals surface area contributed by atoms with Crippen LogP contribution in [0.5, 0.6) is 0 Å². The van der Waals surface area contributed by atoms with E-state index in [1.807, 2.05) is 18.2 Å². The lowest BCUT2D eigenvalue weighted by atomic mass is 10.1. The maximum absolute atomic E-state index is 8.83. The van der Waals surface area contributed by atoms with Crippen molar-refractivity contribution >= 4 is 15.9 Å². The van der Waals surface area contributed by atoms with E-state index in [4.69, 9.17) is 5.26 Å². The highest BCUT2D eigenvalue weighted by molar-refractivity contribution is 9.10. The summed E-state index contributed by atoms with van der Waals surface area (Å²) in [5.41, 5.74) is 2.04. The van der Waals surface area contributed by atoms with E-state index in [1.54, 1.807) is 11.0 Å². The summed E-state index contributed by atoms with van der Waals surface area (Å²) in [5.74, 6) is 0.174. The number of nitrogens with zero attached hydrogens (tertiary/aromatic N) is 4. The van der Waals surface area contributed by atoms with E-state index in [1.165, 1.54) is 0 Å². The molecule has 0 saturated carbocycles. The second kappa shape index (κ2) is 6.64. The molecule has 0 radical (unpaired) electrons. The number of aromatic nitrogens is 3. The molecule has 0 aliphatic heterocycles. The third-order valence-electron chi connectivity index (χ3n) is 3.00. The first kappa shape index (κ1) is 14.7. The Bertz CT molecular complexity index is 629. The summed E-state index contributed by atoms with van der Waals surface area (Å²) < 4.78 is 2.66. The van der Waals surface area contributed by atoms with Gasteiger partial charge in [-0.3, -0.25) is 0 Å². The van der Waals surface area contributed by atoms with E-state index >= 15 is 0 Å². The molecule has 1 aromatic carbocycles. The lowest BCUT2D eigenvalue weighted by Gasteiger charge is -2.18. The third-order valence-corrected chi connectivity index (χ3v) is 3.49. The molecule has 20 heavy (non-hydrogen) atoms. The Kier molecular flexibility index (Phi) is 4.88. The molecule has 0 bridgehead atoms. The van der Waals surface area contributed by atoms with Crippen LogP contribution in [0.1, 0.15) is 37.7 Å². The van der Waals surface area contributed by atoms with Crippen LogP contribution in [0, 0.1) is 11.3 Å². The van der Waals surface area contributed by atoms with E-state index in [-0.39, 0.29) is 11.9 Å². The second-order valence-electron chi connectivity index (χ2n) is 4.50. The van der Waals surface area contributed by atoms with Gasteiger partial charge in [-0.05, 0) is 43.7 Å². The van der Waals surface area contributed by atoms with E-state index in [9.17, 15) is 0 Å². The molecule has 2 rings (SSSR count). The molecular weight excluding hydrogens is 318 g/mol. The van der Waals surface area contributed by atoms with E-state index in [0.29, 0.717) is 0 Å². The number of hydrogen-bond acceptors (Lipinski definition) is 4. The van der Waals surface area contributed by atoms with Gasteiger partial charge in [0.15, 0.2) is 0 Å². The Morgan fingerprint density at radius 3 is 2.95 bits per heavy atom. The zero-order chi connectivity index (χ0) is 14.5. The standard InChI is InChI=1S/C14H16BrN5/c1-3-6-17-10(2)12-7-11(15)4-5-13(12)20-9-18-14(8-16)19-20/h4-5,7,9-10,17H,3,6H2,1-2H3. The lowest BCUT2D eigenvalue weighted by molar-refractivity contribution is 0.567. The van der Waals surface area contributed by atoms with Crippen LogP contribution in [-0.4, -0.2) is 21.3 Å². The molecule has 2 aromatic rings.